The lowest BCUT2D eigenvalue weighted by Crippen LogP contribution is -2.27. The Morgan fingerprint density at radius 1 is 0.917 bits per heavy atom. The molecule has 0 aliphatic heterocycles. The van der Waals surface area contributed by atoms with Crippen LogP contribution in [0.3, 0.4) is 0 Å². The van der Waals surface area contributed by atoms with Crippen LogP contribution < -0.4 is 0 Å². The van der Waals surface area contributed by atoms with E-state index >= 15 is 0 Å². The Kier molecular flexibility index (Phi) is 8.53. The Morgan fingerprint density at radius 2 is 1.54 bits per heavy atom. The molecule has 2 aromatic carbocycles. The molecule has 1 N–H and O–H groups in total. The number of hydrogen-bond donors (Lipinski definition) is 1. The minimum Gasteiger partial charge on any atom is -0.380 e. The van der Waals surface area contributed by atoms with Crippen LogP contribution in [0.5, 0.6) is 0 Å². The quantitative estimate of drug-likeness (QED) is 0.652. The first-order valence-electron chi connectivity index (χ1n) is 8.47. The van der Waals surface area contributed by atoms with E-state index in [4.69, 9.17) is 0 Å². The maximum Gasteiger partial charge on any atom is 0.118 e. The Morgan fingerprint density at radius 3 is 2.17 bits per heavy atom. The van der Waals surface area contributed by atoms with Gasteiger partial charge in [0.25, 0.3) is 0 Å². The summed E-state index contributed by atoms with van der Waals surface area (Å²) in [6.07, 6.45) is 9.95. The molecule has 0 aliphatic carbocycles. The second-order valence-corrected chi connectivity index (χ2v) is 5.29. The van der Waals surface area contributed by atoms with Crippen molar-refractivity contribution in [2.24, 2.45) is 0 Å². The van der Waals surface area contributed by atoms with E-state index in [1.165, 1.54) is 0 Å². The highest BCUT2D eigenvalue weighted by Crippen LogP contribution is 2.35. The summed E-state index contributed by atoms with van der Waals surface area (Å²) in [5, 5.41) is 11.4. The molecule has 0 amide bonds. The Bertz CT molecular complexity index is 667. The molecule has 1 nitrogen and oxygen atoms in total. The molecule has 0 bridgehead atoms. The van der Waals surface area contributed by atoms with Crippen molar-refractivity contribution < 1.29 is 5.11 Å². The van der Waals surface area contributed by atoms with E-state index in [1.807, 2.05) is 99.7 Å². The molecule has 1 heteroatoms. The molecule has 1 unspecified atom stereocenters. The van der Waals surface area contributed by atoms with Crippen molar-refractivity contribution in [3.8, 4) is 0 Å². The Hall–Kier alpha value is -2.38. The van der Waals surface area contributed by atoms with Gasteiger partial charge in [0, 0.05) is 6.42 Å². The van der Waals surface area contributed by atoms with E-state index in [2.05, 4.69) is 6.58 Å². The molecule has 0 saturated heterocycles. The standard InChI is InChI=1S/C21H22O.C2H6/c1-3-4-5-6-12-17-21(22,19-14-8-7-9-15-19)20-16-11-10-13-18(20)2;1-2/h3-16,22H,1,17H2,2H3;1-2H3/b5-4-,12-6-;. The van der Waals surface area contributed by atoms with E-state index < -0.39 is 5.60 Å². The van der Waals surface area contributed by atoms with Gasteiger partial charge in [-0.05, 0) is 23.6 Å². The second-order valence-electron chi connectivity index (χ2n) is 5.29. The van der Waals surface area contributed by atoms with Gasteiger partial charge >= 0.3 is 0 Å². The average Bonchev–Trinajstić information content (AvgIpc) is 2.64. The summed E-state index contributed by atoms with van der Waals surface area (Å²) in [4.78, 5) is 0. The fourth-order valence-corrected chi connectivity index (χ4v) is 2.59. The van der Waals surface area contributed by atoms with Crippen LogP contribution in [0.4, 0.5) is 0 Å². The first-order chi connectivity index (χ1) is 11.7. The molecule has 2 aromatic rings. The minimum absolute atomic E-state index is 0.517. The monoisotopic (exact) mass is 320 g/mol. The minimum atomic E-state index is -1.02. The second kappa shape index (κ2) is 10.4. The third-order valence-corrected chi connectivity index (χ3v) is 3.75. The highest BCUT2D eigenvalue weighted by Gasteiger charge is 2.31. The lowest BCUT2D eigenvalue weighted by molar-refractivity contribution is 0.0834. The lowest BCUT2D eigenvalue weighted by atomic mass is 9.81. The number of aliphatic hydroxyl groups is 1. The summed E-state index contributed by atoms with van der Waals surface area (Å²) in [6, 6.07) is 17.8. The summed E-state index contributed by atoms with van der Waals surface area (Å²) in [5.74, 6) is 0. The van der Waals surface area contributed by atoms with E-state index in [9.17, 15) is 5.11 Å². The molecular weight excluding hydrogens is 292 g/mol. The van der Waals surface area contributed by atoms with Crippen LogP contribution >= 0.6 is 0 Å². The maximum absolute atomic E-state index is 11.4. The zero-order chi connectivity index (χ0) is 17.8. The smallest absolute Gasteiger partial charge is 0.118 e. The van der Waals surface area contributed by atoms with Crippen molar-refractivity contribution in [2.45, 2.75) is 32.8 Å². The third-order valence-electron chi connectivity index (χ3n) is 3.75. The molecule has 0 fully saturated rings. The van der Waals surface area contributed by atoms with Gasteiger partial charge in [-0.2, -0.15) is 0 Å². The van der Waals surface area contributed by atoms with Crippen LogP contribution in [0.25, 0.3) is 0 Å². The average molecular weight is 320 g/mol. The van der Waals surface area contributed by atoms with E-state index in [-0.39, 0.29) is 0 Å². The van der Waals surface area contributed by atoms with Crippen molar-refractivity contribution in [3.63, 3.8) is 0 Å². The molecule has 126 valence electrons. The molecule has 0 saturated carbocycles. The molecule has 2 rings (SSSR count). The van der Waals surface area contributed by atoms with Gasteiger partial charge in [-0.3, -0.25) is 0 Å². The van der Waals surface area contributed by atoms with Crippen LogP contribution in [0.1, 0.15) is 37.0 Å². The summed E-state index contributed by atoms with van der Waals surface area (Å²) in [7, 11) is 0. The van der Waals surface area contributed by atoms with E-state index in [1.54, 1.807) is 6.08 Å². The van der Waals surface area contributed by atoms with Gasteiger partial charge < -0.3 is 5.11 Å². The Labute approximate surface area is 146 Å². The fraction of sp³-hybridized carbons (Fsp3) is 0.217. The number of benzene rings is 2. The first kappa shape index (κ1) is 19.7. The lowest BCUT2D eigenvalue weighted by Gasteiger charge is -2.30. The summed E-state index contributed by atoms with van der Waals surface area (Å²) in [5.41, 5.74) is 1.91. The number of aryl methyl sites for hydroxylation is 1. The zero-order valence-corrected chi connectivity index (χ0v) is 14.9. The van der Waals surface area contributed by atoms with E-state index in [0.717, 1.165) is 16.7 Å². The predicted molar refractivity (Wildman–Crippen MR) is 105 cm³/mol. The molecule has 1 atom stereocenters. The number of allylic oxidation sites excluding steroid dienone is 4. The van der Waals surface area contributed by atoms with Gasteiger partial charge in [0.2, 0.25) is 0 Å². The van der Waals surface area contributed by atoms with Crippen molar-refractivity contribution >= 4 is 0 Å². The molecule has 24 heavy (non-hydrogen) atoms. The highest BCUT2D eigenvalue weighted by molar-refractivity contribution is 5.41. The van der Waals surface area contributed by atoms with Crippen molar-refractivity contribution in [1.29, 1.82) is 0 Å². The zero-order valence-electron chi connectivity index (χ0n) is 14.9. The van der Waals surface area contributed by atoms with Gasteiger partial charge in [0.1, 0.15) is 5.60 Å². The van der Waals surface area contributed by atoms with Crippen molar-refractivity contribution in [1.82, 2.24) is 0 Å². The molecule has 0 heterocycles. The topological polar surface area (TPSA) is 20.2 Å². The predicted octanol–water partition coefficient (Wildman–Crippen LogP) is 5.95. The maximum atomic E-state index is 11.4. The SMILES string of the molecule is C=C/C=C\C=C/CC(O)(c1ccccc1)c1ccccc1C.CC. The molecule has 0 aromatic heterocycles. The molecule has 0 spiro atoms. The van der Waals surface area contributed by atoms with Crippen molar-refractivity contribution in [3.05, 3.63) is 108 Å². The van der Waals surface area contributed by atoms with Crippen LogP contribution in [-0.4, -0.2) is 5.11 Å². The van der Waals surface area contributed by atoms with Gasteiger partial charge in [-0.1, -0.05) is 105 Å². The van der Waals surface area contributed by atoms with Crippen LogP contribution in [0, 0.1) is 6.92 Å². The molecular formula is C23H28O. The summed E-state index contributed by atoms with van der Waals surface area (Å²) >= 11 is 0. The highest BCUT2D eigenvalue weighted by atomic mass is 16.3. The van der Waals surface area contributed by atoms with Crippen LogP contribution in [-0.2, 0) is 5.60 Å². The van der Waals surface area contributed by atoms with Gasteiger partial charge in [0.05, 0.1) is 0 Å². The van der Waals surface area contributed by atoms with E-state index in [0.29, 0.717) is 6.42 Å². The molecule has 0 radical (unpaired) electrons. The normalized spacial score (nSPS) is 13.3. The summed E-state index contributed by atoms with van der Waals surface area (Å²) in [6.45, 7) is 9.68. The largest absolute Gasteiger partial charge is 0.380 e. The van der Waals surface area contributed by atoms with Crippen LogP contribution in [0.15, 0.2) is 91.6 Å². The van der Waals surface area contributed by atoms with Crippen molar-refractivity contribution in [2.75, 3.05) is 0 Å². The number of rotatable bonds is 6. The molecule has 0 aliphatic rings. The van der Waals surface area contributed by atoms with Crippen LogP contribution in [0.2, 0.25) is 0 Å². The fourth-order valence-electron chi connectivity index (χ4n) is 2.59. The number of hydrogen-bond acceptors (Lipinski definition) is 1. The van der Waals surface area contributed by atoms with Gasteiger partial charge in [0.15, 0.2) is 0 Å². The Balaban J connectivity index is 0.00000139. The first-order valence-corrected chi connectivity index (χ1v) is 8.47. The third kappa shape index (κ3) is 5.07. The van der Waals surface area contributed by atoms with Gasteiger partial charge in [-0.25, -0.2) is 0 Å². The van der Waals surface area contributed by atoms with Gasteiger partial charge in [-0.15, -0.1) is 0 Å². The summed E-state index contributed by atoms with van der Waals surface area (Å²) < 4.78 is 0.